The van der Waals surface area contributed by atoms with Crippen molar-refractivity contribution in [1.82, 2.24) is 15.2 Å². The molecule has 0 bridgehead atoms. The van der Waals surface area contributed by atoms with E-state index in [1.165, 1.54) is 6.07 Å². The highest BCUT2D eigenvalue weighted by molar-refractivity contribution is 5.73. The molecule has 0 radical (unpaired) electrons. The second-order valence-corrected chi connectivity index (χ2v) is 6.19. The minimum absolute atomic E-state index is 0.0173. The van der Waals surface area contributed by atoms with Crippen LogP contribution < -0.4 is 16.2 Å². The molecule has 1 unspecified atom stereocenters. The molecule has 0 saturated heterocycles. The SMILES string of the molecule is CC(O)(CNC(=O)NCCCCn1ccccc1=O)c1ccccc1. The molecule has 0 aliphatic rings. The number of carbonyl (C=O) groups is 1. The van der Waals surface area contributed by atoms with Gasteiger partial charge in [0.1, 0.15) is 5.60 Å². The van der Waals surface area contributed by atoms with Crippen LogP contribution in [0.4, 0.5) is 4.79 Å². The number of aliphatic hydroxyl groups is 1. The smallest absolute Gasteiger partial charge is 0.314 e. The largest absolute Gasteiger partial charge is 0.384 e. The van der Waals surface area contributed by atoms with Crippen molar-refractivity contribution in [1.29, 1.82) is 0 Å². The Balaban J connectivity index is 1.64. The maximum absolute atomic E-state index is 11.8. The van der Waals surface area contributed by atoms with E-state index in [2.05, 4.69) is 10.6 Å². The van der Waals surface area contributed by atoms with Crippen LogP contribution in [-0.2, 0) is 12.1 Å². The summed E-state index contributed by atoms with van der Waals surface area (Å²) in [5.41, 5.74) is -0.382. The predicted molar refractivity (Wildman–Crippen MR) is 97.4 cm³/mol. The first-order chi connectivity index (χ1) is 12.0. The van der Waals surface area contributed by atoms with Crippen molar-refractivity contribution >= 4 is 6.03 Å². The number of pyridine rings is 1. The van der Waals surface area contributed by atoms with Crippen LogP contribution in [0.15, 0.2) is 59.5 Å². The number of aromatic nitrogens is 1. The first-order valence-electron chi connectivity index (χ1n) is 8.44. The first kappa shape index (κ1) is 18.7. The topological polar surface area (TPSA) is 83.4 Å². The molecule has 6 nitrogen and oxygen atoms in total. The van der Waals surface area contributed by atoms with E-state index in [0.717, 1.165) is 18.4 Å². The average molecular weight is 343 g/mol. The number of nitrogens with zero attached hydrogens (tertiary/aromatic N) is 1. The third kappa shape index (κ3) is 6.08. The fourth-order valence-corrected chi connectivity index (χ4v) is 2.47. The van der Waals surface area contributed by atoms with Gasteiger partial charge in [0.05, 0.1) is 6.54 Å². The van der Waals surface area contributed by atoms with Crippen molar-refractivity contribution in [2.24, 2.45) is 0 Å². The van der Waals surface area contributed by atoms with E-state index < -0.39 is 5.60 Å². The molecule has 0 saturated carbocycles. The number of rotatable bonds is 8. The molecule has 0 fully saturated rings. The second kappa shape index (κ2) is 9.03. The van der Waals surface area contributed by atoms with E-state index in [0.29, 0.717) is 13.1 Å². The Labute approximate surface area is 147 Å². The van der Waals surface area contributed by atoms with Crippen molar-refractivity contribution in [2.75, 3.05) is 13.1 Å². The maximum atomic E-state index is 11.8. The third-order valence-electron chi connectivity index (χ3n) is 4.00. The summed E-state index contributed by atoms with van der Waals surface area (Å²) in [6.07, 6.45) is 3.32. The minimum atomic E-state index is -1.12. The van der Waals surface area contributed by atoms with E-state index >= 15 is 0 Å². The van der Waals surface area contributed by atoms with Gasteiger partial charge in [-0.3, -0.25) is 4.79 Å². The molecule has 134 valence electrons. The van der Waals surface area contributed by atoms with Gasteiger partial charge in [-0.1, -0.05) is 36.4 Å². The molecule has 25 heavy (non-hydrogen) atoms. The van der Waals surface area contributed by atoms with E-state index in [-0.39, 0.29) is 18.1 Å². The average Bonchev–Trinajstić information content (AvgIpc) is 2.62. The molecule has 0 aliphatic carbocycles. The van der Waals surface area contributed by atoms with Crippen LogP contribution in [0.1, 0.15) is 25.3 Å². The van der Waals surface area contributed by atoms with Gasteiger partial charge in [-0.2, -0.15) is 0 Å². The summed E-state index contributed by atoms with van der Waals surface area (Å²) in [6.45, 7) is 2.94. The Morgan fingerprint density at radius 3 is 2.52 bits per heavy atom. The number of hydrogen-bond donors (Lipinski definition) is 3. The molecule has 0 aliphatic heterocycles. The summed E-state index contributed by atoms with van der Waals surface area (Å²) in [7, 11) is 0. The summed E-state index contributed by atoms with van der Waals surface area (Å²) in [5, 5.41) is 15.9. The number of hydrogen-bond acceptors (Lipinski definition) is 3. The van der Waals surface area contributed by atoms with Crippen molar-refractivity contribution in [3.63, 3.8) is 0 Å². The third-order valence-corrected chi connectivity index (χ3v) is 4.00. The van der Waals surface area contributed by atoms with Crippen LogP contribution in [0.25, 0.3) is 0 Å². The molecule has 2 rings (SSSR count). The van der Waals surface area contributed by atoms with Crippen LogP contribution in [0.2, 0.25) is 0 Å². The molecule has 1 aromatic heterocycles. The summed E-state index contributed by atoms with van der Waals surface area (Å²) < 4.78 is 1.65. The fraction of sp³-hybridized carbons (Fsp3) is 0.368. The van der Waals surface area contributed by atoms with Crippen molar-refractivity contribution in [3.8, 4) is 0 Å². The Morgan fingerprint density at radius 2 is 1.80 bits per heavy atom. The number of nitrogens with one attached hydrogen (secondary N) is 2. The van der Waals surface area contributed by atoms with Crippen LogP contribution in [0, 0.1) is 0 Å². The van der Waals surface area contributed by atoms with Gasteiger partial charge in [0.15, 0.2) is 0 Å². The van der Waals surface area contributed by atoms with Gasteiger partial charge in [0.25, 0.3) is 0 Å². The lowest BCUT2D eigenvalue weighted by Gasteiger charge is -2.24. The van der Waals surface area contributed by atoms with Crippen LogP contribution in [-0.4, -0.2) is 28.8 Å². The zero-order chi connectivity index (χ0) is 18.1. The van der Waals surface area contributed by atoms with Crippen molar-refractivity contribution in [2.45, 2.75) is 31.9 Å². The number of amides is 2. The highest BCUT2D eigenvalue weighted by Crippen LogP contribution is 2.18. The Bertz CT molecular complexity index is 726. The molecule has 1 heterocycles. The quantitative estimate of drug-likeness (QED) is 0.640. The Kier molecular flexibility index (Phi) is 6.77. The number of carbonyl (C=O) groups excluding carboxylic acids is 1. The standard InChI is InChI=1S/C19H25N3O3/c1-19(25,16-9-3-2-4-10-16)15-21-18(24)20-12-6-8-14-22-13-7-5-11-17(22)23/h2-5,7,9-11,13,25H,6,8,12,14-15H2,1H3,(H2,20,21,24). The molecule has 6 heteroatoms. The molecular formula is C19H25N3O3. The minimum Gasteiger partial charge on any atom is -0.384 e. The molecular weight excluding hydrogens is 318 g/mol. The van der Waals surface area contributed by atoms with Gasteiger partial charge in [-0.25, -0.2) is 4.79 Å². The van der Waals surface area contributed by atoms with Gasteiger partial charge in [0.2, 0.25) is 5.56 Å². The zero-order valence-corrected chi connectivity index (χ0v) is 14.4. The summed E-state index contributed by atoms with van der Waals surface area (Å²) in [4.78, 5) is 23.4. The molecule has 2 aromatic rings. The molecule has 2 amide bonds. The van der Waals surface area contributed by atoms with Crippen LogP contribution in [0.3, 0.4) is 0 Å². The van der Waals surface area contributed by atoms with Gasteiger partial charge >= 0.3 is 6.03 Å². The lowest BCUT2D eigenvalue weighted by molar-refractivity contribution is 0.0594. The Morgan fingerprint density at radius 1 is 1.08 bits per heavy atom. The van der Waals surface area contributed by atoms with E-state index in [9.17, 15) is 14.7 Å². The maximum Gasteiger partial charge on any atom is 0.314 e. The lowest BCUT2D eigenvalue weighted by Crippen LogP contribution is -2.43. The summed E-state index contributed by atoms with van der Waals surface area (Å²) in [5.74, 6) is 0. The van der Waals surface area contributed by atoms with Gasteiger partial charge in [-0.05, 0) is 31.4 Å². The zero-order valence-electron chi connectivity index (χ0n) is 14.4. The predicted octanol–water partition coefficient (Wildman–Crippen LogP) is 1.84. The van der Waals surface area contributed by atoms with Gasteiger partial charge in [-0.15, -0.1) is 0 Å². The fourth-order valence-electron chi connectivity index (χ4n) is 2.47. The number of urea groups is 1. The normalized spacial score (nSPS) is 13.0. The van der Waals surface area contributed by atoms with Crippen LogP contribution >= 0.6 is 0 Å². The number of benzene rings is 1. The lowest BCUT2D eigenvalue weighted by atomic mass is 9.96. The molecule has 1 aromatic carbocycles. The Hall–Kier alpha value is -2.60. The monoisotopic (exact) mass is 343 g/mol. The molecule has 1 atom stereocenters. The van der Waals surface area contributed by atoms with Gasteiger partial charge < -0.3 is 20.3 Å². The second-order valence-electron chi connectivity index (χ2n) is 6.19. The highest BCUT2D eigenvalue weighted by atomic mass is 16.3. The first-order valence-corrected chi connectivity index (χ1v) is 8.44. The molecule has 3 N–H and O–H groups in total. The number of unbranched alkanes of at least 4 members (excludes halogenated alkanes) is 1. The van der Waals surface area contributed by atoms with Gasteiger partial charge in [0, 0.05) is 25.4 Å². The van der Waals surface area contributed by atoms with Crippen molar-refractivity contribution in [3.05, 3.63) is 70.6 Å². The van der Waals surface area contributed by atoms with E-state index in [1.807, 2.05) is 36.4 Å². The molecule has 0 spiro atoms. The van der Waals surface area contributed by atoms with Crippen molar-refractivity contribution < 1.29 is 9.90 Å². The number of aryl methyl sites for hydroxylation is 1. The summed E-state index contributed by atoms with van der Waals surface area (Å²) >= 11 is 0. The highest BCUT2D eigenvalue weighted by Gasteiger charge is 2.23. The van der Waals surface area contributed by atoms with E-state index in [1.54, 1.807) is 23.8 Å². The van der Waals surface area contributed by atoms with Crippen LogP contribution in [0.5, 0.6) is 0 Å². The van der Waals surface area contributed by atoms with E-state index in [4.69, 9.17) is 0 Å². The summed E-state index contributed by atoms with van der Waals surface area (Å²) in [6, 6.07) is 14.0.